The highest BCUT2D eigenvalue weighted by atomic mass is 79.9. The lowest BCUT2D eigenvalue weighted by Crippen LogP contribution is -2.20. The second-order valence-electron chi connectivity index (χ2n) is 6.14. The van der Waals surface area contributed by atoms with Crippen molar-refractivity contribution in [3.05, 3.63) is 83.1 Å². The van der Waals surface area contributed by atoms with Crippen LogP contribution in [0.4, 0.5) is 15.8 Å². The molecule has 0 saturated heterocycles. The fourth-order valence-electron chi connectivity index (χ4n) is 2.45. The van der Waals surface area contributed by atoms with Crippen LogP contribution in [0.25, 0.3) is 0 Å². The van der Waals surface area contributed by atoms with Gasteiger partial charge in [-0.2, -0.15) is 0 Å². The lowest BCUT2D eigenvalue weighted by Gasteiger charge is -2.09. The van der Waals surface area contributed by atoms with Gasteiger partial charge < -0.3 is 15.4 Å². The molecular weight excluding hydrogens is 471 g/mol. The summed E-state index contributed by atoms with van der Waals surface area (Å²) in [5.41, 5.74) is 0.726. The molecule has 2 amide bonds. The highest BCUT2D eigenvalue weighted by molar-refractivity contribution is 9.10. The third kappa shape index (κ3) is 6.89. The van der Waals surface area contributed by atoms with E-state index in [1.165, 1.54) is 23.9 Å². The van der Waals surface area contributed by atoms with Crippen molar-refractivity contribution in [2.75, 3.05) is 23.0 Å². The van der Waals surface area contributed by atoms with Gasteiger partial charge in [-0.1, -0.05) is 40.2 Å². The van der Waals surface area contributed by atoms with Gasteiger partial charge in [0.25, 0.3) is 5.91 Å². The fraction of sp³-hybridized carbons (Fsp3) is 0.0909. The maximum absolute atomic E-state index is 13.8. The minimum atomic E-state index is -0.509. The van der Waals surface area contributed by atoms with E-state index in [0.29, 0.717) is 15.9 Å². The molecule has 0 atom stereocenters. The first-order valence-corrected chi connectivity index (χ1v) is 10.7. The van der Waals surface area contributed by atoms with Gasteiger partial charge in [0.05, 0.1) is 11.4 Å². The van der Waals surface area contributed by atoms with Gasteiger partial charge in [0.15, 0.2) is 6.61 Å². The fourth-order valence-corrected chi connectivity index (χ4v) is 3.54. The standard InChI is InChI=1S/C22H18BrFN2O3S/c23-15-9-10-20(19(24)11-15)26-22(28)14-30-18-8-4-5-16(12-18)25-21(27)13-29-17-6-2-1-3-7-17/h1-12H,13-14H2,(H,25,27)(H,26,28). The largest absolute Gasteiger partial charge is 0.484 e. The van der Waals surface area contributed by atoms with Gasteiger partial charge in [-0.05, 0) is 48.5 Å². The molecule has 0 aliphatic carbocycles. The van der Waals surface area contributed by atoms with Crippen LogP contribution < -0.4 is 15.4 Å². The van der Waals surface area contributed by atoms with Crippen molar-refractivity contribution in [3.63, 3.8) is 0 Å². The third-order valence-corrected chi connectivity index (χ3v) is 5.29. The zero-order chi connectivity index (χ0) is 21.3. The number of benzene rings is 3. The van der Waals surface area contributed by atoms with E-state index in [-0.39, 0.29) is 29.9 Å². The number of hydrogen-bond donors (Lipinski definition) is 2. The van der Waals surface area contributed by atoms with E-state index in [0.717, 1.165) is 4.90 Å². The molecule has 0 aromatic heterocycles. The number of carbonyl (C=O) groups excluding carboxylic acids is 2. The van der Waals surface area contributed by atoms with Crippen LogP contribution in [0.2, 0.25) is 0 Å². The normalized spacial score (nSPS) is 10.3. The molecule has 0 fully saturated rings. The molecule has 0 aliphatic rings. The summed E-state index contributed by atoms with van der Waals surface area (Å²) in [5.74, 6) is -0.406. The van der Waals surface area contributed by atoms with Crippen LogP contribution in [0, 0.1) is 5.82 Å². The summed E-state index contributed by atoms with van der Waals surface area (Å²) >= 11 is 4.46. The molecule has 3 aromatic carbocycles. The predicted molar refractivity (Wildman–Crippen MR) is 120 cm³/mol. The van der Waals surface area contributed by atoms with Gasteiger partial charge in [0.1, 0.15) is 11.6 Å². The average Bonchev–Trinajstić information content (AvgIpc) is 2.74. The molecule has 0 radical (unpaired) electrons. The van der Waals surface area contributed by atoms with Crippen molar-refractivity contribution in [3.8, 4) is 5.75 Å². The van der Waals surface area contributed by atoms with Crippen LogP contribution in [0.1, 0.15) is 0 Å². The van der Waals surface area contributed by atoms with Crippen molar-refractivity contribution in [1.82, 2.24) is 0 Å². The first-order chi connectivity index (χ1) is 14.5. The van der Waals surface area contributed by atoms with Gasteiger partial charge in [0, 0.05) is 15.1 Å². The van der Waals surface area contributed by atoms with Crippen molar-refractivity contribution in [2.45, 2.75) is 4.90 Å². The molecule has 30 heavy (non-hydrogen) atoms. The van der Waals surface area contributed by atoms with Crippen molar-refractivity contribution < 1.29 is 18.7 Å². The quantitative estimate of drug-likeness (QED) is 0.420. The monoisotopic (exact) mass is 488 g/mol. The zero-order valence-corrected chi connectivity index (χ0v) is 18.1. The number of thioether (sulfide) groups is 1. The molecule has 0 spiro atoms. The predicted octanol–water partition coefficient (Wildman–Crippen LogP) is 5.34. The lowest BCUT2D eigenvalue weighted by molar-refractivity contribution is -0.118. The molecule has 0 bridgehead atoms. The molecule has 8 heteroatoms. The maximum Gasteiger partial charge on any atom is 0.262 e. The Kier molecular flexibility index (Phi) is 7.87. The Morgan fingerprint density at radius 3 is 2.50 bits per heavy atom. The molecule has 0 heterocycles. The van der Waals surface area contributed by atoms with E-state index in [9.17, 15) is 14.0 Å². The summed E-state index contributed by atoms with van der Waals surface area (Å²) < 4.78 is 19.8. The van der Waals surface area contributed by atoms with Gasteiger partial charge in [-0.15, -0.1) is 11.8 Å². The van der Waals surface area contributed by atoms with Crippen molar-refractivity contribution in [1.29, 1.82) is 0 Å². The Morgan fingerprint density at radius 1 is 0.933 bits per heavy atom. The number of ether oxygens (including phenoxy) is 1. The first-order valence-electron chi connectivity index (χ1n) is 8.95. The van der Waals surface area contributed by atoms with Gasteiger partial charge >= 0.3 is 0 Å². The minimum absolute atomic E-state index is 0.101. The van der Waals surface area contributed by atoms with Crippen LogP contribution in [-0.2, 0) is 9.59 Å². The Morgan fingerprint density at radius 2 is 1.73 bits per heavy atom. The molecule has 0 unspecified atom stereocenters. The molecule has 5 nitrogen and oxygen atoms in total. The van der Waals surface area contributed by atoms with Gasteiger partial charge in [-0.25, -0.2) is 4.39 Å². The second-order valence-corrected chi connectivity index (χ2v) is 8.10. The molecule has 154 valence electrons. The number of nitrogens with one attached hydrogen (secondary N) is 2. The molecule has 3 aromatic rings. The molecule has 3 rings (SSSR count). The number of amides is 2. The number of carbonyl (C=O) groups is 2. The minimum Gasteiger partial charge on any atom is -0.484 e. The Labute approximate surface area is 186 Å². The Bertz CT molecular complexity index is 1030. The summed E-state index contributed by atoms with van der Waals surface area (Å²) in [4.78, 5) is 25.0. The van der Waals surface area contributed by atoms with Crippen LogP contribution in [-0.4, -0.2) is 24.2 Å². The van der Waals surface area contributed by atoms with Crippen molar-refractivity contribution in [2.24, 2.45) is 0 Å². The SMILES string of the molecule is O=C(COc1ccccc1)Nc1cccc(SCC(=O)Nc2ccc(Br)cc2F)c1. The van der Waals surface area contributed by atoms with Crippen LogP contribution >= 0.6 is 27.7 Å². The van der Waals surface area contributed by atoms with E-state index in [1.807, 2.05) is 24.3 Å². The summed E-state index contributed by atoms with van der Waals surface area (Å²) in [6.45, 7) is -0.109. The number of hydrogen-bond acceptors (Lipinski definition) is 4. The van der Waals surface area contributed by atoms with Crippen molar-refractivity contribution >= 4 is 50.9 Å². The molecular formula is C22H18BrFN2O3S. The number of para-hydroxylation sites is 1. The maximum atomic E-state index is 13.8. The smallest absolute Gasteiger partial charge is 0.262 e. The van der Waals surface area contributed by atoms with E-state index in [1.54, 1.807) is 36.4 Å². The first kappa shape index (κ1) is 21.9. The lowest BCUT2D eigenvalue weighted by atomic mass is 10.3. The number of halogens is 2. The number of anilines is 2. The van der Waals surface area contributed by atoms with Crippen LogP contribution in [0.3, 0.4) is 0 Å². The summed E-state index contributed by atoms with van der Waals surface area (Å²) in [6, 6.07) is 20.6. The van der Waals surface area contributed by atoms with E-state index in [4.69, 9.17) is 4.74 Å². The summed E-state index contributed by atoms with van der Waals surface area (Å²) in [6.07, 6.45) is 0. The molecule has 0 saturated carbocycles. The summed E-state index contributed by atoms with van der Waals surface area (Å²) in [7, 11) is 0. The van der Waals surface area contributed by atoms with Crippen LogP contribution in [0.15, 0.2) is 82.2 Å². The van der Waals surface area contributed by atoms with E-state index >= 15 is 0 Å². The Hall–Kier alpha value is -2.84. The molecule has 2 N–H and O–H groups in total. The summed E-state index contributed by atoms with van der Waals surface area (Å²) in [5, 5.41) is 5.31. The third-order valence-electron chi connectivity index (χ3n) is 3.81. The van der Waals surface area contributed by atoms with Crippen LogP contribution in [0.5, 0.6) is 5.75 Å². The Balaban J connectivity index is 1.48. The topological polar surface area (TPSA) is 67.4 Å². The van der Waals surface area contributed by atoms with E-state index in [2.05, 4.69) is 26.6 Å². The molecule has 0 aliphatic heterocycles. The number of rotatable bonds is 8. The van der Waals surface area contributed by atoms with E-state index < -0.39 is 5.82 Å². The van der Waals surface area contributed by atoms with Gasteiger partial charge in [-0.3, -0.25) is 9.59 Å². The average molecular weight is 489 g/mol. The zero-order valence-electron chi connectivity index (χ0n) is 15.7. The highest BCUT2D eigenvalue weighted by Crippen LogP contribution is 2.23. The van der Waals surface area contributed by atoms with Gasteiger partial charge in [0.2, 0.25) is 5.91 Å². The second kappa shape index (κ2) is 10.8. The highest BCUT2D eigenvalue weighted by Gasteiger charge is 2.09.